The molecule has 3 amide bonds. The molecule has 0 radical (unpaired) electrons. The van der Waals surface area contributed by atoms with Crippen LogP contribution in [0.1, 0.15) is 10.4 Å². The number of hydrogen-bond donors (Lipinski definition) is 2. The number of imide groups is 1. The molecular weight excluding hydrogens is 268 g/mol. The quantitative estimate of drug-likeness (QED) is 0.797. The van der Waals surface area contributed by atoms with Gasteiger partial charge in [-0.05, 0) is 16.8 Å². The Morgan fingerprint density at radius 3 is 2.26 bits per heavy atom. The zero-order chi connectivity index (χ0) is 14.0. The van der Waals surface area contributed by atoms with E-state index in [1.807, 2.05) is 0 Å². The molecule has 0 saturated heterocycles. The molecule has 6 nitrogen and oxygen atoms in total. The highest BCUT2D eigenvalue weighted by atomic mass is 32.2. The van der Waals surface area contributed by atoms with Crippen LogP contribution in [0.3, 0.4) is 0 Å². The average molecular weight is 278 g/mol. The van der Waals surface area contributed by atoms with Gasteiger partial charge in [-0.2, -0.15) is 4.31 Å². The van der Waals surface area contributed by atoms with E-state index in [1.165, 1.54) is 6.07 Å². The van der Waals surface area contributed by atoms with Gasteiger partial charge >= 0.3 is 6.03 Å². The van der Waals surface area contributed by atoms with E-state index >= 15 is 0 Å². The first kappa shape index (κ1) is 13.0. The second-order valence-electron chi connectivity index (χ2n) is 3.72. The molecule has 98 valence electrons. The van der Waals surface area contributed by atoms with Crippen LogP contribution < -0.4 is 5.73 Å². The Morgan fingerprint density at radius 1 is 1.00 bits per heavy atom. The van der Waals surface area contributed by atoms with E-state index in [2.05, 4.69) is 0 Å². The normalized spacial score (nSPS) is 10.6. The molecule has 2 aromatic rings. The van der Waals surface area contributed by atoms with Gasteiger partial charge in [0.15, 0.2) is 0 Å². The number of nitrogens with two attached hydrogens (primary N) is 1. The fourth-order valence-corrected chi connectivity index (χ4v) is 2.20. The second kappa shape index (κ2) is 5.07. The fourth-order valence-electron chi connectivity index (χ4n) is 1.78. The van der Waals surface area contributed by atoms with Crippen LogP contribution >= 0.6 is 0 Å². The van der Waals surface area contributed by atoms with Gasteiger partial charge in [0.1, 0.15) is 0 Å². The number of thiol groups is 1. The number of hydrogen-bond acceptors (Lipinski definition) is 4. The van der Waals surface area contributed by atoms with Crippen molar-refractivity contribution in [1.29, 1.82) is 0 Å². The molecule has 0 heterocycles. The highest BCUT2D eigenvalue weighted by molar-refractivity contribution is 7.71. The number of carbonyl (C=O) groups is 2. The van der Waals surface area contributed by atoms with Crippen molar-refractivity contribution in [1.82, 2.24) is 4.31 Å². The summed E-state index contributed by atoms with van der Waals surface area (Å²) >= 11 is 0. The zero-order valence-corrected chi connectivity index (χ0v) is 10.5. The lowest BCUT2D eigenvalue weighted by atomic mass is 10.0. The van der Waals surface area contributed by atoms with Crippen LogP contribution in [0, 0.1) is 0 Å². The highest BCUT2D eigenvalue weighted by Crippen LogP contribution is 2.20. The Balaban J connectivity index is 2.61. The van der Waals surface area contributed by atoms with Crippen LogP contribution in [0.4, 0.5) is 4.79 Å². The van der Waals surface area contributed by atoms with Gasteiger partial charge in [-0.1, -0.05) is 36.4 Å². The van der Waals surface area contributed by atoms with Gasteiger partial charge in [0.25, 0.3) is 5.91 Å². The number of carbonyl (C=O) groups excluding carboxylic acids is 2. The van der Waals surface area contributed by atoms with Crippen molar-refractivity contribution in [3.05, 3.63) is 48.0 Å². The number of amides is 3. The molecule has 0 atom stereocenters. The van der Waals surface area contributed by atoms with Crippen molar-refractivity contribution in [2.24, 2.45) is 5.73 Å². The summed E-state index contributed by atoms with van der Waals surface area (Å²) in [7, 11) is -3.41. The number of urea groups is 1. The first-order chi connectivity index (χ1) is 9.02. The van der Waals surface area contributed by atoms with Gasteiger partial charge in [-0.25, -0.2) is 13.2 Å². The van der Waals surface area contributed by atoms with Crippen LogP contribution in [0.15, 0.2) is 42.5 Å². The third-order valence-electron chi connectivity index (χ3n) is 2.58. The molecule has 0 saturated carbocycles. The van der Waals surface area contributed by atoms with Gasteiger partial charge in [-0.15, -0.1) is 0 Å². The summed E-state index contributed by atoms with van der Waals surface area (Å²) in [5.74, 6) is -0.958. The molecular formula is C12H10N2O4S. The molecule has 0 fully saturated rings. The zero-order valence-electron chi connectivity index (χ0n) is 9.65. The van der Waals surface area contributed by atoms with E-state index in [4.69, 9.17) is 5.73 Å². The standard InChI is InChI=1S/C12H10N2O4S/c13-12(16)14(19(17)18)11(15)10-7-3-5-8-4-1-2-6-9(8)10/h1-7,19H,(H2,13,16). The minimum Gasteiger partial charge on any atom is -0.350 e. The number of primary amides is 1. The predicted octanol–water partition coefficient (Wildman–Crippen LogP) is 0.887. The average Bonchev–Trinajstić information content (AvgIpc) is 2.37. The Bertz CT molecular complexity index is 726. The lowest BCUT2D eigenvalue weighted by Gasteiger charge is -2.12. The van der Waals surface area contributed by atoms with E-state index in [9.17, 15) is 18.0 Å². The molecule has 0 bridgehead atoms. The molecule has 0 spiro atoms. The Kier molecular flexibility index (Phi) is 3.48. The Morgan fingerprint density at radius 2 is 1.63 bits per heavy atom. The topological polar surface area (TPSA) is 97.5 Å². The molecule has 0 unspecified atom stereocenters. The molecule has 0 aromatic heterocycles. The van der Waals surface area contributed by atoms with Crippen LogP contribution in [-0.2, 0) is 10.9 Å². The van der Waals surface area contributed by atoms with Gasteiger partial charge in [-0.3, -0.25) is 4.79 Å². The summed E-state index contributed by atoms with van der Waals surface area (Å²) in [6.07, 6.45) is 0. The van der Waals surface area contributed by atoms with Crippen molar-refractivity contribution >= 4 is 33.6 Å². The van der Waals surface area contributed by atoms with Crippen LogP contribution in [0.2, 0.25) is 0 Å². The summed E-state index contributed by atoms with van der Waals surface area (Å²) in [6.45, 7) is 0. The lowest BCUT2D eigenvalue weighted by molar-refractivity contribution is 0.0895. The maximum Gasteiger partial charge on any atom is 0.335 e. The summed E-state index contributed by atoms with van der Waals surface area (Å²) < 4.78 is 21.9. The summed E-state index contributed by atoms with van der Waals surface area (Å²) in [5, 5.41) is 1.32. The maximum atomic E-state index is 12.1. The SMILES string of the molecule is NC(=O)N(C(=O)c1cccc2ccccc12)[SH](=O)=O. The largest absolute Gasteiger partial charge is 0.350 e. The van der Waals surface area contributed by atoms with E-state index < -0.39 is 22.8 Å². The van der Waals surface area contributed by atoms with Crippen molar-refractivity contribution in [3.8, 4) is 0 Å². The Labute approximate surface area is 110 Å². The van der Waals surface area contributed by atoms with Crippen LogP contribution in [-0.4, -0.2) is 24.7 Å². The maximum absolute atomic E-state index is 12.1. The van der Waals surface area contributed by atoms with E-state index in [-0.39, 0.29) is 9.87 Å². The molecule has 0 aliphatic rings. The van der Waals surface area contributed by atoms with Crippen molar-refractivity contribution in [3.63, 3.8) is 0 Å². The summed E-state index contributed by atoms with van der Waals surface area (Å²) in [5.41, 5.74) is 5.01. The predicted molar refractivity (Wildman–Crippen MR) is 70.0 cm³/mol. The second-order valence-corrected chi connectivity index (χ2v) is 4.60. The number of nitrogens with zero attached hydrogens (tertiary/aromatic N) is 1. The molecule has 0 aliphatic carbocycles. The molecule has 2 aromatic carbocycles. The first-order valence-electron chi connectivity index (χ1n) is 5.28. The minimum atomic E-state index is -3.41. The smallest absolute Gasteiger partial charge is 0.335 e. The van der Waals surface area contributed by atoms with E-state index in [0.29, 0.717) is 5.39 Å². The third-order valence-corrected chi connectivity index (χ3v) is 3.29. The minimum absolute atomic E-state index is 0.0249. The monoisotopic (exact) mass is 278 g/mol. The number of rotatable bonds is 2. The third kappa shape index (κ3) is 2.41. The van der Waals surface area contributed by atoms with Gasteiger partial charge in [0, 0.05) is 5.56 Å². The molecule has 2 rings (SSSR count). The number of fused-ring (bicyclic) bond motifs is 1. The molecule has 7 heteroatoms. The summed E-state index contributed by atoms with van der Waals surface area (Å²) in [4.78, 5) is 23.1. The van der Waals surface area contributed by atoms with Gasteiger partial charge in [0.2, 0.25) is 10.9 Å². The summed E-state index contributed by atoms with van der Waals surface area (Å²) in [6, 6.07) is 10.4. The highest BCUT2D eigenvalue weighted by Gasteiger charge is 2.24. The van der Waals surface area contributed by atoms with Crippen molar-refractivity contribution < 1.29 is 18.0 Å². The van der Waals surface area contributed by atoms with Crippen molar-refractivity contribution in [2.75, 3.05) is 0 Å². The fraction of sp³-hybridized carbons (Fsp3) is 0. The Hall–Kier alpha value is -2.41. The van der Waals surface area contributed by atoms with Gasteiger partial charge < -0.3 is 5.73 Å². The van der Waals surface area contributed by atoms with Crippen molar-refractivity contribution in [2.45, 2.75) is 0 Å². The molecule has 19 heavy (non-hydrogen) atoms. The molecule has 0 aliphatic heterocycles. The molecule has 2 N–H and O–H groups in total. The van der Waals surface area contributed by atoms with Crippen LogP contribution in [0.5, 0.6) is 0 Å². The van der Waals surface area contributed by atoms with Crippen LogP contribution in [0.25, 0.3) is 10.8 Å². The number of benzene rings is 2. The first-order valence-corrected chi connectivity index (χ1v) is 6.41. The van der Waals surface area contributed by atoms with E-state index in [0.717, 1.165) is 5.39 Å². The van der Waals surface area contributed by atoms with Gasteiger partial charge in [0.05, 0.1) is 0 Å². The lowest BCUT2D eigenvalue weighted by Crippen LogP contribution is -2.39. The van der Waals surface area contributed by atoms with E-state index in [1.54, 1.807) is 36.4 Å².